The van der Waals surface area contributed by atoms with Crippen molar-refractivity contribution in [3.8, 4) is 0 Å². The van der Waals surface area contributed by atoms with E-state index in [0.717, 1.165) is 22.4 Å². The fourth-order valence-corrected chi connectivity index (χ4v) is 3.05. The molecule has 3 rings (SSSR count). The van der Waals surface area contributed by atoms with E-state index in [1.165, 1.54) is 0 Å². The molecule has 3 aromatic rings. The van der Waals surface area contributed by atoms with Crippen LogP contribution in [0.1, 0.15) is 32.2 Å². The zero-order valence-electron chi connectivity index (χ0n) is 14.7. The van der Waals surface area contributed by atoms with Crippen LogP contribution in [0.2, 0.25) is 5.02 Å². The number of benzene rings is 2. The lowest BCUT2D eigenvalue weighted by atomic mass is 10.1. The summed E-state index contributed by atoms with van der Waals surface area (Å²) in [4.78, 5) is 17.2. The van der Waals surface area contributed by atoms with E-state index in [2.05, 4.69) is 5.32 Å². The average molecular weight is 356 g/mol. The van der Waals surface area contributed by atoms with Crippen molar-refractivity contribution in [3.05, 3.63) is 64.9 Å². The first-order chi connectivity index (χ1) is 11.8. The molecule has 1 amide bonds. The number of nitrogens with zero attached hydrogens (tertiary/aromatic N) is 2. The fourth-order valence-electron chi connectivity index (χ4n) is 2.85. The lowest BCUT2D eigenvalue weighted by Crippen LogP contribution is -2.42. The molecule has 0 saturated heterocycles. The fraction of sp³-hybridized carbons (Fsp3) is 0.300. The van der Waals surface area contributed by atoms with Gasteiger partial charge in [0.2, 0.25) is 5.91 Å². The van der Waals surface area contributed by atoms with Crippen LogP contribution in [0.25, 0.3) is 11.0 Å². The van der Waals surface area contributed by atoms with E-state index in [1.54, 1.807) is 0 Å². The molecule has 0 atom stereocenters. The molecule has 0 aliphatic heterocycles. The highest BCUT2D eigenvalue weighted by Crippen LogP contribution is 2.22. The third-order valence-corrected chi connectivity index (χ3v) is 4.22. The molecule has 0 aliphatic rings. The summed E-state index contributed by atoms with van der Waals surface area (Å²) in [6.07, 6.45) is 0.581. The molecular formula is C20H22ClN3O. The largest absolute Gasteiger partial charge is 0.350 e. The molecule has 0 saturated carbocycles. The number of halogens is 1. The Morgan fingerprint density at radius 1 is 1.12 bits per heavy atom. The van der Waals surface area contributed by atoms with Crippen molar-refractivity contribution in [2.45, 2.75) is 39.3 Å². The van der Waals surface area contributed by atoms with E-state index in [4.69, 9.17) is 16.6 Å². The molecule has 1 N–H and O–H groups in total. The van der Waals surface area contributed by atoms with Gasteiger partial charge < -0.3 is 9.88 Å². The Morgan fingerprint density at radius 3 is 2.52 bits per heavy atom. The van der Waals surface area contributed by atoms with Crippen LogP contribution >= 0.6 is 11.6 Å². The number of hydrogen-bond acceptors (Lipinski definition) is 2. The van der Waals surface area contributed by atoms with Crippen LogP contribution in [0.3, 0.4) is 0 Å². The van der Waals surface area contributed by atoms with Crippen molar-refractivity contribution < 1.29 is 4.79 Å². The third-order valence-electron chi connectivity index (χ3n) is 3.86. The quantitative estimate of drug-likeness (QED) is 0.762. The number of imidazole rings is 1. The maximum Gasteiger partial charge on any atom is 0.240 e. The van der Waals surface area contributed by atoms with Gasteiger partial charge >= 0.3 is 0 Å². The Labute approximate surface area is 152 Å². The molecule has 5 heteroatoms. The van der Waals surface area contributed by atoms with E-state index >= 15 is 0 Å². The first-order valence-electron chi connectivity index (χ1n) is 8.32. The van der Waals surface area contributed by atoms with Crippen LogP contribution < -0.4 is 5.32 Å². The standard InChI is InChI=1S/C20H22ClN3O/c1-20(2,3)23-19(25)13-24-17-11-7-6-10-16(17)22-18(24)12-14-8-4-5-9-15(14)21/h4-11H,12-13H2,1-3H3,(H,23,25). The molecule has 0 aliphatic carbocycles. The van der Waals surface area contributed by atoms with Gasteiger partial charge in [0.1, 0.15) is 12.4 Å². The Balaban J connectivity index is 1.97. The molecule has 2 aromatic carbocycles. The summed E-state index contributed by atoms with van der Waals surface area (Å²) < 4.78 is 1.97. The van der Waals surface area contributed by atoms with Crippen LogP contribution in [0.5, 0.6) is 0 Å². The molecule has 0 radical (unpaired) electrons. The highest BCUT2D eigenvalue weighted by atomic mass is 35.5. The molecule has 0 fully saturated rings. The highest BCUT2D eigenvalue weighted by Gasteiger charge is 2.18. The number of hydrogen-bond donors (Lipinski definition) is 1. The predicted octanol–water partition coefficient (Wildman–Crippen LogP) is 4.20. The summed E-state index contributed by atoms with van der Waals surface area (Å²) in [5.41, 5.74) is 2.56. The Bertz CT molecular complexity index is 909. The van der Waals surface area contributed by atoms with Crippen LogP contribution in [0.15, 0.2) is 48.5 Å². The predicted molar refractivity (Wildman–Crippen MR) is 102 cm³/mol. The number of rotatable bonds is 4. The first-order valence-corrected chi connectivity index (χ1v) is 8.70. The lowest BCUT2D eigenvalue weighted by molar-refractivity contribution is -0.123. The van der Waals surface area contributed by atoms with Crippen LogP contribution in [0.4, 0.5) is 0 Å². The minimum absolute atomic E-state index is 0.0314. The Hall–Kier alpha value is -2.33. The number of nitrogens with one attached hydrogen (secondary N) is 1. The van der Waals surface area contributed by atoms with E-state index in [1.807, 2.05) is 73.9 Å². The van der Waals surface area contributed by atoms with Crippen molar-refractivity contribution >= 4 is 28.5 Å². The van der Waals surface area contributed by atoms with Crippen molar-refractivity contribution in [3.63, 3.8) is 0 Å². The summed E-state index contributed by atoms with van der Waals surface area (Å²) in [6.45, 7) is 6.16. The zero-order chi connectivity index (χ0) is 18.0. The van der Waals surface area contributed by atoms with Gasteiger partial charge in [-0.05, 0) is 44.5 Å². The minimum Gasteiger partial charge on any atom is -0.350 e. The number of aromatic nitrogens is 2. The molecule has 0 spiro atoms. The molecule has 0 unspecified atom stereocenters. The third kappa shape index (κ3) is 4.20. The molecule has 0 bridgehead atoms. The average Bonchev–Trinajstić information content (AvgIpc) is 2.85. The molecular weight excluding hydrogens is 334 g/mol. The normalized spacial score (nSPS) is 11.7. The topological polar surface area (TPSA) is 46.9 Å². The molecule has 25 heavy (non-hydrogen) atoms. The molecule has 1 aromatic heterocycles. The second kappa shape index (κ2) is 6.89. The van der Waals surface area contributed by atoms with Gasteiger partial charge in [0.05, 0.1) is 11.0 Å². The maximum atomic E-state index is 12.5. The summed E-state index contributed by atoms with van der Waals surface area (Å²) in [5, 5.41) is 3.72. The van der Waals surface area contributed by atoms with Crippen LogP contribution in [-0.4, -0.2) is 21.0 Å². The van der Waals surface area contributed by atoms with E-state index < -0.39 is 0 Å². The van der Waals surface area contributed by atoms with Crippen LogP contribution in [0, 0.1) is 0 Å². The molecule has 130 valence electrons. The van der Waals surface area contributed by atoms with Gasteiger partial charge in [-0.3, -0.25) is 4.79 Å². The van der Waals surface area contributed by atoms with E-state index in [9.17, 15) is 4.79 Å². The number of fused-ring (bicyclic) bond motifs is 1. The molecule has 4 nitrogen and oxygen atoms in total. The summed E-state index contributed by atoms with van der Waals surface area (Å²) in [5.74, 6) is 0.800. The van der Waals surface area contributed by atoms with Crippen molar-refractivity contribution in [2.75, 3.05) is 0 Å². The monoisotopic (exact) mass is 355 g/mol. The van der Waals surface area contributed by atoms with Gasteiger partial charge in [0.25, 0.3) is 0 Å². The van der Waals surface area contributed by atoms with Crippen LogP contribution in [-0.2, 0) is 17.8 Å². The van der Waals surface area contributed by atoms with Crippen molar-refractivity contribution in [2.24, 2.45) is 0 Å². The summed E-state index contributed by atoms with van der Waals surface area (Å²) >= 11 is 6.30. The minimum atomic E-state index is -0.267. The van der Waals surface area contributed by atoms with E-state index in [-0.39, 0.29) is 18.0 Å². The second-order valence-electron chi connectivity index (χ2n) is 7.17. The number of carbonyl (C=O) groups is 1. The van der Waals surface area contributed by atoms with Gasteiger partial charge in [-0.15, -0.1) is 0 Å². The SMILES string of the molecule is CC(C)(C)NC(=O)Cn1c(Cc2ccccc2Cl)nc2ccccc21. The number of carbonyl (C=O) groups excluding carboxylic acids is 1. The van der Waals surface area contributed by atoms with Crippen molar-refractivity contribution in [1.29, 1.82) is 0 Å². The molecule has 1 heterocycles. The first kappa shape index (κ1) is 17.5. The van der Waals surface area contributed by atoms with Crippen molar-refractivity contribution in [1.82, 2.24) is 14.9 Å². The van der Waals surface area contributed by atoms with Gasteiger partial charge in [-0.1, -0.05) is 41.9 Å². The summed E-state index contributed by atoms with van der Waals surface area (Å²) in [7, 11) is 0. The van der Waals surface area contributed by atoms with Gasteiger partial charge in [0, 0.05) is 17.0 Å². The van der Waals surface area contributed by atoms with E-state index in [0.29, 0.717) is 11.4 Å². The number of amides is 1. The lowest BCUT2D eigenvalue weighted by Gasteiger charge is -2.21. The smallest absolute Gasteiger partial charge is 0.240 e. The Morgan fingerprint density at radius 2 is 1.80 bits per heavy atom. The van der Waals surface area contributed by atoms with Gasteiger partial charge in [-0.25, -0.2) is 4.98 Å². The summed E-state index contributed by atoms with van der Waals surface area (Å²) in [6, 6.07) is 15.6. The van der Waals surface area contributed by atoms with Gasteiger partial charge in [-0.2, -0.15) is 0 Å². The number of para-hydroxylation sites is 2. The maximum absolute atomic E-state index is 12.5. The highest BCUT2D eigenvalue weighted by molar-refractivity contribution is 6.31. The van der Waals surface area contributed by atoms with Gasteiger partial charge in [0.15, 0.2) is 0 Å². The zero-order valence-corrected chi connectivity index (χ0v) is 15.5. The second-order valence-corrected chi connectivity index (χ2v) is 7.58. The Kier molecular flexibility index (Phi) is 4.82.